The Labute approximate surface area is 173 Å². The zero-order valence-corrected chi connectivity index (χ0v) is 17.3. The molecule has 1 aromatic carbocycles. The van der Waals surface area contributed by atoms with Gasteiger partial charge in [0.05, 0.1) is 25.1 Å². The van der Waals surface area contributed by atoms with Gasteiger partial charge in [-0.25, -0.2) is 9.97 Å². The van der Waals surface area contributed by atoms with Crippen molar-refractivity contribution in [2.24, 2.45) is 0 Å². The van der Waals surface area contributed by atoms with Crippen molar-refractivity contribution >= 4 is 39.0 Å². The summed E-state index contributed by atoms with van der Waals surface area (Å²) in [5.74, 6) is 1.84. The summed E-state index contributed by atoms with van der Waals surface area (Å²) in [6, 6.07) is 7.96. The van der Waals surface area contributed by atoms with E-state index in [0.29, 0.717) is 6.54 Å². The molecule has 0 bridgehead atoms. The van der Waals surface area contributed by atoms with Crippen LogP contribution in [0.4, 0.5) is 5.82 Å². The number of aryl methyl sites for hydroxylation is 2. The Hall–Kier alpha value is -1.73. The number of thiophene rings is 1. The predicted molar refractivity (Wildman–Crippen MR) is 114 cm³/mol. The molecule has 3 aromatic rings. The molecule has 1 N–H and O–H groups in total. The van der Waals surface area contributed by atoms with Crippen LogP contribution in [0.25, 0.3) is 10.2 Å². The molecule has 0 unspecified atom stereocenters. The van der Waals surface area contributed by atoms with Crippen LogP contribution in [0.3, 0.4) is 0 Å². The van der Waals surface area contributed by atoms with Gasteiger partial charge in [-0.3, -0.25) is 4.90 Å². The van der Waals surface area contributed by atoms with Crippen LogP contribution in [0.2, 0.25) is 5.02 Å². The number of ether oxygens (including phenoxy) is 1. The number of halogens is 1. The van der Waals surface area contributed by atoms with Gasteiger partial charge in [-0.2, -0.15) is 0 Å². The fraction of sp³-hybridized carbons (Fsp3) is 0.429. The van der Waals surface area contributed by atoms with Crippen molar-refractivity contribution < 1.29 is 4.74 Å². The van der Waals surface area contributed by atoms with E-state index in [-0.39, 0.29) is 0 Å². The second-order valence-corrected chi connectivity index (χ2v) is 8.85. The number of nitrogens with zero attached hydrogens (tertiary/aromatic N) is 3. The highest BCUT2D eigenvalue weighted by Gasteiger charge is 2.23. The minimum Gasteiger partial charge on any atom is -0.379 e. The summed E-state index contributed by atoms with van der Waals surface area (Å²) in [6.07, 6.45) is 3.53. The van der Waals surface area contributed by atoms with Crippen LogP contribution in [0, 0.1) is 0 Å². The third kappa shape index (κ3) is 3.62. The van der Waals surface area contributed by atoms with Crippen LogP contribution in [-0.4, -0.2) is 41.2 Å². The molecular formula is C21H23ClN4OS. The number of rotatable bonds is 5. The quantitative estimate of drug-likeness (QED) is 0.675. The van der Waals surface area contributed by atoms with Gasteiger partial charge < -0.3 is 10.1 Å². The van der Waals surface area contributed by atoms with Gasteiger partial charge in [-0.05, 0) is 36.5 Å². The summed E-state index contributed by atoms with van der Waals surface area (Å²) < 4.78 is 5.47. The van der Waals surface area contributed by atoms with Crippen LogP contribution >= 0.6 is 22.9 Å². The normalized spacial score (nSPS) is 17.2. The Kier molecular flexibility index (Phi) is 5.20. The van der Waals surface area contributed by atoms with E-state index in [4.69, 9.17) is 26.3 Å². The molecule has 3 heterocycles. The van der Waals surface area contributed by atoms with E-state index in [1.807, 2.05) is 29.5 Å². The van der Waals surface area contributed by atoms with Crippen molar-refractivity contribution in [1.82, 2.24) is 14.9 Å². The maximum Gasteiger partial charge on any atom is 0.146 e. The van der Waals surface area contributed by atoms with E-state index >= 15 is 0 Å². The van der Waals surface area contributed by atoms with Crippen molar-refractivity contribution in [3.63, 3.8) is 0 Å². The molecule has 7 heteroatoms. The van der Waals surface area contributed by atoms with E-state index in [0.717, 1.165) is 66.3 Å². The number of anilines is 1. The lowest BCUT2D eigenvalue weighted by molar-refractivity contribution is 0.0331. The van der Waals surface area contributed by atoms with Gasteiger partial charge >= 0.3 is 0 Å². The zero-order chi connectivity index (χ0) is 18.9. The molecule has 28 heavy (non-hydrogen) atoms. The smallest absolute Gasteiger partial charge is 0.146 e. The van der Waals surface area contributed by atoms with Crippen LogP contribution in [0.5, 0.6) is 0 Å². The molecule has 146 valence electrons. The minimum absolute atomic E-state index is 0.660. The second kappa shape index (κ2) is 7.95. The standard InChI is InChI=1S/C21H23ClN4OS/c22-16-6-2-1-4-14(16)12-23-20-19-15-5-3-7-17(15)28-21(19)25-18(24-20)13-26-8-10-27-11-9-26/h1-2,4,6H,3,5,7-13H2,(H,23,24,25). The molecule has 0 amide bonds. The largest absolute Gasteiger partial charge is 0.379 e. The first kappa shape index (κ1) is 18.3. The topological polar surface area (TPSA) is 50.3 Å². The lowest BCUT2D eigenvalue weighted by Gasteiger charge is -2.25. The lowest BCUT2D eigenvalue weighted by atomic mass is 10.1. The van der Waals surface area contributed by atoms with Crippen molar-refractivity contribution in [2.45, 2.75) is 32.4 Å². The highest BCUT2D eigenvalue weighted by atomic mass is 35.5. The molecule has 2 aromatic heterocycles. The molecule has 5 rings (SSSR count). The molecule has 2 aliphatic rings. The Morgan fingerprint density at radius 1 is 1.14 bits per heavy atom. The van der Waals surface area contributed by atoms with E-state index in [9.17, 15) is 0 Å². The van der Waals surface area contributed by atoms with Crippen LogP contribution in [0.1, 0.15) is 28.2 Å². The highest BCUT2D eigenvalue weighted by molar-refractivity contribution is 7.19. The third-order valence-electron chi connectivity index (χ3n) is 5.48. The van der Waals surface area contributed by atoms with Crippen LogP contribution in [-0.2, 0) is 30.7 Å². The lowest BCUT2D eigenvalue weighted by Crippen LogP contribution is -2.36. The summed E-state index contributed by atoms with van der Waals surface area (Å²) in [5, 5.41) is 5.57. The molecule has 0 atom stereocenters. The Bertz CT molecular complexity index is 999. The summed E-state index contributed by atoms with van der Waals surface area (Å²) >= 11 is 8.19. The molecular weight excluding hydrogens is 392 g/mol. The molecule has 1 saturated heterocycles. The Balaban J connectivity index is 1.48. The van der Waals surface area contributed by atoms with Gasteiger partial charge in [0.1, 0.15) is 16.5 Å². The fourth-order valence-corrected chi connectivity index (χ4v) is 5.50. The number of aromatic nitrogens is 2. The van der Waals surface area contributed by atoms with Crippen LogP contribution < -0.4 is 5.32 Å². The number of fused-ring (bicyclic) bond motifs is 3. The number of nitrogens with one attached hydrogen (secondary N) is 1. The van der Waals surface area contributed by atoms with Crippen molar-refractivity contribution in [1.29, 1.82) is 0 Å². The van der Waals surface area contributed by atoms with E-state index in [2.05, 4.69) is 16.3 Å². The summed E-state index contributed by atoms with van der Waals surface area (Å²) in [5.41, 5.74) is 2.53. The second-order valence-electron chi connectivity index (χ2n) is 7.36. The van der Waals surface area contributed by atoms with Crippen molar-refractivity contribution in [3.8, 4) is 0 Å². The maximum absolute atomic E-state index is 6.35. The van der Waals surface area contributed by atoms with Gasteiger partial charge in [0.25, 0.3) is 0 Å². The summed E-state index contributed by atoms with van der Waals surface area (Å²) in [4.78, 5) is 14.8. The van der Waals surface area contributed by atoms with Crippen LogP contribution in [0.15, 0.2) is 24.3 Å². The molecule has 5 nitrogen and oxygen atoms in total. The number of hydrogen-bond donors (Lipinski definition) is 1. The van der Waals surface area contributed by atoms with Gasteiger partial charge in [0.2, 0.25) is 0 Å². The first-order valence-electron chi connectivity index (χ1n) is 9.86. The third-order valence-corrected chi connectivity index (χ3v) is 7.04. The van der Waals surface area contributed by atoms with Gasteiger partial charge in [-0.15, -0.1) is 11.3 Å². The molecule has 0 spiro atoms. The maximum atomic E-state index is 6.35. The number of hydrogen-bond acceptors (Lipinski definition) is 6. The average molecular weight is 415 g/mol. The predicted octanol–water partition coefficient (Wildman–Crippen LogP) is 4.28. The first-order chi connectivity index (χ1) is 13.8. The van der Waals surface area contributed by atoms with Crippen molar-refractivity contribution in [2.75, 3.05) is 31.6 Å². The summed E-state index contributed by atoms with van der Waals surface area (Å²) in [6.45, 7) is 4.87. The Morgan fingerprint density at radius 3 is 2.86 bits per heavy atom. The van der Waals surface area contributed by atoms with Crippen molar-refractivity contribution in [3.05, 3.63) is 51.1 Å². The molecule has 1 fully saturated rings. The van der Waals surface area contributed by atoms with E-state index < -0.39 is 0 Å². The molecule has 0 radical (unpaired) electrons. The molecule has 0 saturated carbocycles. The SMILES string of the molecule is Clc1ccccc1CNc1nc(CN2CCOCC2)nc2sc3c(c12)CCC3. The minimum atomic E-state index is 0.660. The summed E-state index contributed by atoms with van der Waals surface area (Å²) in [7, 11) is 0. The number of morpholine rings is 1. The average Bonchev–Trinajstić information content (AvgIpc) is 3.29. The number of benzene rings is 1. The first-order valence-corrected chi connectivity index (χ1v) is 11.1. The van der Waals surface area contributed by atoms with Gasteiger partial charge in [0.15, 0.2) is 0 Å². The Morgan fingerprint density at radius 2 is 2.00 bits per heavy atom. The highest BCUT2D eigenvalue weighted by Crippen LogP contribution is 2.39. The fourth-order valence-electron chi connectivity index (χ4n) is 4.02. The monoisotopic (exact) mass is 414 g/mol. The molecule has 1 aliphatic carbocycles. The van der Waals surface area contributed by atoms with Gasteiger partial charge in [0, 0.05) is 29.5 Å². The zero-order valence-electron chi connectivity index (χ0n) is 15.7. The van der Waals surface area contributed by atoms with E-state index in [1.165, 1.54) is 28.7 Å². The van der Waals surface area contributed by atoms with E-state index in [1.54, 1.807) is 0 Å². The molecule has 1 aliphatic heterocycles. The van der Waals surface area contributed by atoms with Gasteiger partial charge in [-0.1, -0.05) is 29.8 Å².